The molecule has 2 heteroatoms. The first kappa shape index (κ1) is 17.9. The van der Waals surface area contributed by atoms with E-state index in [1.165, 1.54) is 51.4 Å². The number of rotatable bonds is 9. The van der Waals surface area contributed by atoms with Crippen LogP contribution in [0.25, 0.3) is 0 Å². The quantitative estimate of drug-likeness (QED) is 0.410. The SMILES string of the molecule is CCCCCC1CCC(/C=C/COc2ccc(OC)cc2)CC1. The second kappa shape index (κ2) is 10.4. The molecule has 0 aliphatic heterocycles. The highest BCUT2D eigenvalue weighted by Gasteiger charge is 2.18. The first-order valence-corrected chi connectivity index (χ1v) is 9.25. The van der Waals surface area contributed by atoms with Gasteiger partial charge in [-0.15, -0.1) is 0 Å². The topological polar surface area (TPSA) is 18.5 Å². The maximum Gasteiger partial charge on any atom is 0.120 e. The molecule has 128 valence electrons. The van der Waals surface area contributed by atoms with Gasteiger partial charge < -0.3 is 9.47 Å². The van der Waals surface area contributed by atoms with E-state index >= 15 is 0 Å². The Labute approximate surface area is 141 Å². The largest absolute Gasteiger partial charge is 0.497 e. The number of benzene rings is 1. The summed E-state index contributed by atoms with van der Waals surface area (Å²) in [5.74, 6) is 3.51. The minimum Gasteiger partial charge on any atom is -0.497 e. The Morgan fingerprint density at radius 3 is 2.35 bits per heavy atom. The summed E-state index contributed by atoms with van der Waals surface area (Å²) < 4.78 is 10.9. The minimum atomic E-state index is 0.656. The van der Waals surface area contributed by atoms with Gasteiger partial charge >= 0.3 is 0 Å². The molecule has 0 unspecified atom stereocenters. The van der Waals surface area contributed by atoms with Crippen molar-refractivity contribution >= 4 is 0 Å². The second-order valence-electron chi connectivity index (χ2n) is 6.69. The molecule has 1 saturated carbocycles. The summed E-state index contributed by atoms with van der Waals surface area (Å²) in [6.45, 7) is 2.94. The lowest BCUT2D eigenvalue weighted by molar-refractivity contribution is 0.288. The predicted molar refractivity (Wildman–Crippen MR) is 97.2 cm³/mol. The van der Waals surface area contributed by atoms with Gasteiger partial charge in [0.05, 0.1) is 7.11 Å². The fourth-order valence-electron chi connectivity index (χ4n) is 3.42. The number of allylic oxidation sites excluding steroid dienone is 1. The Bertz CT molecular complexity index is 441. The van der Waals surface area contributed by atoms with Crippen molar-refractivity contribution in [2.45, 2.75) is 58.3 Å². The van der Waals surface area contributed by atoms with Gasteiger partial charge in [0.2, 0.25) is 0 Å². The monoisotopic (exact) mass is 316 g/mol. The van der Waals surface area contributed by atoms with Gasteiger partial charge in [-0.05, 0) is 61.8 Å². The van der Waals surface area contributed by atoms with Crippen LogP contribution in [0.15, 0.2) is 36.4 Å². The zero-order valence-electron chi connectivity index (χ0n) is 14.8. The lowest BCUT2D eigenvalue weighted by Gasteiger charge is -2.26. The number of ether oxygens (including phenoxy) is 2. The van der Waals surface area contributed by atoms with Crippen molar-refractivity contribution in [3.63, 3.8) is 0 Å². The molecule has 0 amide bonds. The van der Waals surface area contributed by atoms with E-state index in [4.69, 9.17) is 9.47 Å². The number of hydrogen-bond donors (Lipinski definition) is 0. The van der Waals surface area contributed by atoms with Crippen LogP contribution in [0, 0.1) is 11.8 Å². The van der Waals surface area contributed by atoms with E-state index in [0.29, 0.717) is 6.61 Å². The third-order valence-electron chi connectivity index (χ3n) is 4.92. The normalized spacial score (nSPS) is 21.5. The zero-order valence-corrected chi connectivity index (χ0v) is 14.8. The van der Waals surface area contributed by atoms with Gasteiger partial charge in [-0.1, -0.05) is 44.8 Å². The van der Waals surface area contributed by atoms with E-state index in [1.54, 1.807) is 7.11 Å². The van der Waals surface area contributed by atoms with Crippen molar-refractivity contribution in [1.29, 1.82) is 0 Å². The molecule has 0 aromatic heterocycles. The van der Waals surface area contributed by atoms with Gasteiger partial charge in [-0.2, -0.15) is 0 Å². The van der Waals surface area contributed by atoms with Crippen molar-refractivity contribution in [2.24, 2.45) is 11.8 Å². The van der Waals surface area contributed by atoms with Crippen molar-refractivity contribution in [3.05, 3.63) is 36.4 Å². The first-order chi connectivity index (χ1) is 11.3. The summed E-state index contributed by atoms with van der Waals surface area (Å²) in [4.78, 5) is 0. The lowest BCUT2D eigenvalue weighted by atomic mass is 9.79. The Morgan fingerprint density at radius 2 is 1.70 bits per heavy atom. The fourth-order valence-corrected chi connectivity index (χ4v) is 3.42. The average Bonchev–Trinajstić information content (AvgIpc) is 2.61. The molecule has 0 bridgehead atoms. The molecule has 1 aromatic carbocycles. The molecule has 0 spiro atoms. The van der Waals surface area contributed by atoms with Crippen LogP contribution in [0.3, 0.4) is 0 Å². The van der Waals surface area contributed by atoms with E-state index in [-0.39, 0.29) is 0 Å². The highest BCUT2D eigenvalue weighted by atomic mass is 16.5. The molecular formula is C21H32O2. The molecule has 1 aromatic rings. The van der Waals surface area contributed by atoms with Gasteiger partial charge in [0.1, 0.15) is 18.1 Å². The third kappa shape index (κ3) is 6.68. The molecule has 0 N–H and O–H groups in total. The highest BCUT2D eigenvalue weighted by Crippen LogP contribution is 2.32. The van der Waals surface area contributed by atoms with Crippen LogP contribution in [0.5, 0.6) is 11.5 Å². The van der Waals surface area contributed by atoms with Crippen LogP contribution in [0.2, 0.25) is 0 Å². The van der Waals surface area contributed by atoms with Gasteiger partial charge in [-0.3, -0.25) is 0 Å². The van der Waals surface area contributed by atoms with Crippen LogP contribution in [0.4, 0.5) is 0 Å². The summed E-state index contributed by atoms with van der Waals surface area (Å²) in [6.07, 6.45) is 15.7. The second-order valence-corrected chi connectivity index (χ2v) is 6.69. The van der Waals surface area contributed by atoms with E-state index < -0.39 is 0 Å². The molecule has 0 radical (unpaired) electrons. The van der Waals surface area contributed by atoms with Crippen LogP contribution in [-0.4, -0.2) is 13.7 Å². The third-order valence-corrected chi connectivity index (χ3v) is 4.92. The van der Waals surface area contributed by atoms with E-state index in [0.717, 1.165) is 23.3 Å². The van der Waals surface area contributed by atoms with E-state index in [9.17, 15) is 0 Å². The standard InChI is InChI=1S/C21H32O2/c1-3-4-5-7-18-9-11-19(12-10-18)8-6-17-23-21-15-13-20(22-2)14-16-21/h6,8,13-16,18-19H,3-5,7,9-12,17H2,1-2H3/b8-6+. The fraction of sp³-hybridized carbons (Fsp3) is 0.619. The zero-order chi connectivity index (χ0) is 16.3. The Morgan fingerprint density at radius 1 is 1.00 bits per heavy atom. The molecule has 0 heterocycles. The lowest BCUT2D eigenvalue weighted by Crippen LogP contribution is -2.13. The number of unbranched alkanes of at least 4 members (excludes halogenated alkanes) is 2. The van der Waals surface area contributed by atoms with Crippen LogP contribution >= 0.6 is 0 Å². The summed E-state index contributed by atoms with van der Waals surface area (Å²) >= 11 is 0. The van der Waals surface area contributed by atoms with E-state index in [1.807, 2.05) is 24.3 Å². The predicted octanol–water partition coefficient (Wildman–Crippen LogP) is 6.02. The van der Waals surface area contributed by atoms with Crippen molar-refractivity contribution in [1.82, 2.24) is 0 Å². The van der Waals surface area contributed by atoms with Gasteiger partial charge in [0.25, 0.3) is 0 Å². The molecule has 2 nitrogen and oxygen atoms in total. The van der Waals surface area contributed by atoms with Crippen LogP contribution in [0.1, 0.15) is 58.3 Å². The van der Waals surface area contributed by atoms with Crippen LogP contribution in [-0.2, 0) is 0 Å². The van der Waals surface area contributed by atoms with Crippen molar-refractivity contribution in [3.8, 4) is 11.5 Å². The highest BCUT2D eigenvalue weighted by molar-refractivity contribution is 5.31. The first-order valence-electron chi connectivity index (χ1n) is 9.25. The Kier molecular flexibility index (Phi) is 8.06. The van der Waals surface area contributed by atoms with Gasteiger partial charge in [-0.25, -0.2) is 0 Å². The minimum absolute atomic E-state index is 0.656. The maximum atomic E-state index is 5.74. The van der Waals surface area contributed by atoms with Crippen molar-refractivity contribution < 1.29 is 9.47 Å². The molecule has 1 fully saturated rings. The molecule has 0 saturated heterocycles. The van der Waals surface area contributed by atoms with Crippen molar-refractivity contribution in [2.75, 3.05) is 13.7 Å². The Hall–Kier alpha value is -1.44. The Balaban J connectivity index is 1.61. The average molecular weight is 316 g/mol. The smallest absolute Gasteiger partial charge is 0.120 e. The molecular weight excluding hydrogens is 284 g/mol. The number of hydrogen-bond acceptors (Lipinski definition) is 2. The van der Waals surface area contributed by atoms with Crippen LogP contribution < -0.4 is 9.47 Å². The molecule has 23 heavy (non-hydrogen) atoms. The molecule has 0 atom stereocenters. The van der Waals surface area contributed by atoms with Gasteiger partial charge in [0, 0.05) is 0 Å². The molecule has 1 aliphatic rings. The summed E-state index contributed by atoms with van der Waals surface area (Å²) in [5, 5.41) is 0. The molecule has 2 rings (SSSR count). The summed E-state index contributed by atoms with van der Waals surface area (Å²) in [7, 11) is 1.68. The van der Waals surface area contributed by atoms with E-state index in [2.05, 4.69) is 19.1 Å². The van der Waals surface area contributed by atoms with Gasteiger partial charge in [0.15, 0.2) is 0 Å². The number of methoxy groups -OCH3 is 1. The summed E-state index contributed by atoms with van der Waals surface area (Å²) in [5.41, 5.74) is 0. The maximum absolute atomic E-state index is 5.74. The molecule has 1 aliphatic carbocycles. The summed E-state index contributed by atoms with van der Waals surface area (Å²) in [6, 6.07) is 7.76.